The molecule has 0 radical (unpaired) electrons. The summed E-state index contributed by atoms with van der Waals surface area (Å²) in [5.74, 6) is 0.383. The van der Waals surface area contributed by atoms with Crippen molar-refractivity contribution in [2.45, 2.75) is 6.92 Å². The van der Waals surface area contributed by atoms with Gasteiger partial charge in [-0.2, -0.15) is 0 Å². The van der Waals surface area contributed by atoms with Crippen molar-refractivity contribution in [1.29, 1.82) is 0 Å². The lowest BCUT2D eigenvalue weighted by Crippen LogP contribution is -1.97. The highest BCUT2D eigenvalue weighted by atomic mass is 79.9. The summed E-state index contributed by atoms with van der Waals surface area (Å²) in [6.07, 6.45) is 1.43. The largest absolute Gasteiger partial charge is 0.340 e. The van der Waals surface area contributed by atoms with E-state index in [0.29, 0.717) is 21.7 Å². The van der Waals surface area contributed by atoms with Crippen LogP contribution in [0.4, 0.5) is 15.9 Å². The Kier molecular flexibility index (Phi) is 3.14. The van der Waals surface area contributed by atoms with Crippen LogP contribution >= 0.6 is 15.9 Å². The summed E-state index contributed by atoms with van der Waals surface area (Å²) >= 11 is 3.24. The van der Waals surface area contributed by atoms with Crippen LogP contribution in [0.3, 0.4) is 0 Å². The zero-order chi connectivity index (χ0) is 11.5. The second kappa shape index (κ2) is 4.57. The van der Waals surface area contributed by atoms with Gasteiger partial charge in [-0.15, -0.1) is 0 Å². The first kappa shape index (κ1) is 11.0. The normalized spacial score (nSPS) is 10.2. The van der Waals surface area contributed by atoms with Crippen LogP contribution in [0.1, 0.15) is 5.56 Å². The van der Waals surface area contributed by atoms with Crippen LogP contribution in [0.25, 0.3) is 0 Å². The smallest absolute Gasteiger partial charge is 0.134 e. The van der Waals surface area contributed by atoms with Crippen molar-refractivity contribution in [3.8, 4) is 0 Å². The van der Waals surface area contributed by atoms with Gasteiger partial charge in [-0.1, -0.05) is 6.07 Å². The molecule has 0 unspecified atom stereocenters. The molecule has 1 heterocycles. The molecular weight excluding hydrogens is 273 g/mol. The van der Waals surface area contributed by atoms with E-state index in [1.54, 1.807) is 25.1 Å². The van der Waals surface area contributed by atoms with Gasteiger partial charge in [0.2, 0.25) is 0 Å². The van der Waals surface area contributed by atoms with Crippen molar-refractivity contribution in [1.82, 2.24) is 9.97 Å². The van der Waals surface area contributed by atoms with Gasteiger partial charge in [-0.25, -0.2) is 14.4 Å². The predicted octanol–water partition coefficient (Wildman–Crippen LogP) is 3.43. The Labute approximate surface area is 101 Å². The van der Waals surface area contributed by atoms with Crippen LogP contribution in [0.5, 0.6) is 0 Å². The number of halogens is 2. The van der Waals surface area contributed by atoms with Gasteiger partial charge in [0.1, 0.15) is 22.6 Å². The van der Waals surface area contributed by atoms with Crippen molar-refractivity contribution < 1.29 is 4.39 Å². The maximum absolute atomic E-state index is 13.3. The molecule has 1 aromatic heterocycles. The third kappa shape index (κ3) is 2.36. The van der Waals surface area contributed by atoms with Crippen LogP contribution in [-0.2, 0) is 0 Å². The number of benzene rings is 1. The highest BCUT2D eigenvalue weighted by molar-refractivity contribution is 9.10. The second-order valence-corrected chi connectivity index (χ2v) is 4.08. The lowest BCUT2D eigenvalue weighted by atomic mass is 10.2. The molecule has 0 aliphatic rings. The van der Waals surface area contributed by atoms with Gasteiger partial charge in [-0.3, -0.25) is 0 Å². The molecule has 5 heteroatoms. The molecular formula is C11H9BrFN3. The van der Waals surface area contributed by atoms with Crippen molar-refractivity contribution >= 4 is 27.4 Å². The highest BCUT2D eigenvalue weighted by Gasteiger charge is 2.04. The highest BCUT2D eigenvalue weighted by Crippen LogP contribution is 2.21. The number of aromatic nitrogens is 2. The third-order valence-corrected chi connectivity index (χ3v) is 2.60. The van der Waals surface area contributed by atoms with Gasteiger partial charge in [0, 0.05) is 17.3 Å². The SMILES string of the molecule is Cc1c(F)cccc1Nc1cc(Br)ncn1. The van der Waals surface area contributed by atoms with E-state index in [4.69, 9.17) is 0 Å². The quantitative estimate of drug-likeness (QED) is 0.857. The second-order valence-electron chi connectivity index (χ2n) is 3.26. The van der Waals surface area contributed by atoms with Crippen LogP contribution in [-0.4, -0.2) is 9.97 Å². The minimum Gasteiger partial charge on any atom is -0.340 e. The molecule has 1 N–H and O–H groups in total. The topological polar surface area (TPSA) is 37.8 Å². The fraction of sp³-hybridized carbons (Fsp3) is 0.0909. The van der Waals surface area contributed by atoms with Crippen molar-refractivity contribution in [3.63, 3.8) is 0 Å². The molecule has 1 aromatic carbocycles. The van der Waals surface area contributed by atoms with Gasteiger partial charge in [0.25, 0.3) is 0 Å². The van der Waals surface area contributed by atoms with Crippen molar-refractivity contribution in [3.05, 3.63) is 46.6 Å². The summed E-state index contributed by atoms with van der Waals surface area (Å²) < 4.78 is 14.0. The maximum Gasteiger partial charge on any atom is 0.134 e. The minimum atomic E-state index is -0.238. The van der Waals surface area contributed by atoms with E-state index in [1.165, 1.54) is 12.4 Å². The number of nitrogens with zero attached hydrogens (tertiary/aromatic N) is 2. The zero-order valence-corrected chi connectivity index (χ0v) is 10.1. The first-order valence-electron chi connectivity index (χ1n) is 4.66. The number of rotatable bonds is 2. The van der Waals surface area contributed by atoms with E-state index in [1.807, 2.05) is 0 Å². The standard InChI is InChI=1S/C11H9BrFN3/c1-7-8(13)3-2-4-9(7)16-11-5-10(12)14-6-15-11/h2-6H,1H3,(H,14,15,16). The van der Waals surface area contributed by atoms with Crippen LogP contribution in [0, 0.1) is 12.7 Å². The average Bonchev–Trinajstić information content (AvgIpc) is 2.25. The lowest BCUT2D eigenvalue weighted by molar-refractivity contribution is 0.619. The molecule has 0 amide bonds. The predicted molar refractivity (Wildman–Crippen MR) is 64.2 cm³/mol. The van der Waals surface area contributed by atoms with E-state index in [2.05, 4.69) is 31.2 Å². The average molecular weight is 282 g/mol. The van der Waals surface area contributed by atoms with E-state index < -0.39 is 0 Å². The summed E-state index contributed by atoms with van der Waals surface area (Å²) in [5.41, 5.74) is 1.27. The molecule has 2 rings (SSSR count). The first-order chi connectivity index (χ1) is 7.66. The monoisotopic (exact) mass is 281 g/mol. The Morgan fingerprint density at radius 2 is 2.12 bits per heavy atom. The first-order valence-corrected chi connectivity index (χ1v) is 5.46. The molecule has 2 aromatic rings. The van der Waals surface area contributed by atoms with E-state index >= 15 is 0 Å². The van der Waals surface area contributed by atoms with Crippen molar-refractivity contribution in [2.24, 2.45) is 0 Å². The van der Waals surface area contributed by atoms with Gasteiger partial charge in [0.05, 0.1) is 0 Å². The van der Waals surface area contributed by atoms with Crippen LogP contribution < -0.4 is 5.32 Å². The minimum absolute atomic E-state index is 0.238. The Balaban J connectivity index is 2.31. The molecule has 0 atom stereocenters. The van der Waals surface area contributed by atoms with E-state index in [0.717, 1.165) is 0 Å². The maximum atomic E-state index is 13.3. The van der Waals surface area contributed by atoms with Gasteiger partial charge >= 0.3 is 0 Å². The molecule has 0 fully saturated rings. The van der Waals surface area contributed by atoms with Gasteiger partial charge in [0.15, 0.2) is 0 Å². The van der Waals surface area contributed by atoms with Crippen LogP contribution in [0.15, 0.2) is 35.2 Å². The fourth-order valence-corrected chi connectivity index (χ4v) is 1.59. The molecule has 0 aliphatic heterocycles. The van der Waals surface area contributed by atoms with Gasteiger partial charge < -0.3 is 5.32 Å². The summed E-state index contributed by atoms with van der Waals surface area (Å²) in [4.78, 5) is 7.94. The van der Waals surface area contributed by atoms with Gasteiger partial charge in [-0.05, 0) is 35.0 Å². The number of nitrogens with one attached hydrogen (secondary N) is 1. The number of anilines is 2. The zero-order valence-electron chi connectivity index (χ0n) is 8.54. The summed E-state index contributed by atoms with van der Waals surface area (Å²) in [6.45, 7) is 1.72. The number of hydrogen-bond donors (Lipinski definition) is 1. The molecule has 0 bridgehead atoms. The Morgan fingerprint density at radius 1 is 1.31 bits per heavy atom. The summed E-state index contributed by atoms with van der Waals surface area (Å²) in [5, 5.41) is 3.03. The van der Waals surface area contributed by atoms with E-state index in [-0.39, 0.29) is 5.82 Å². The third-order valence-electron chi connectivity index (χ3n) is 2.16. The van der Waals surface area contributed by atoms with Crippen molar-refractivity contribution in [2.75, 3.05) is 5.32 Å². The van der Waals surface area contributed by atoms with E-state index in [9.17, 15) is 4.39 Å². The van der Waals surface area contributed by atoms with Crippen LogP contribution in [0.2, 0.25) is 0 Å². The Morgan fingerprint density at radius 3 is 2.88 bits per heavy atom. The molecule has 16 heavy (non-hydrogen) atoms. The molecule has 0 saturated carbocycles. The Hall–Kier alpha value is -1.49. The molecule has 0 spiro atoms. The summed E-state index contributed by atoms with van der Waals surface area (Å²) in [7, 11) is 0. The molecule has 82 valence electrons. The summed E-state index contributed by atoms with van der Waals surface area (Å²) in [6, 6.07) is 6.61. The Bertz CT molecular complexity index is 516. The number of hydrogen-bond acceptors (Lipinski definition) is 3. The molecule has 0 aliphatic carbocycles. The fourth-order valence-electron chi connectivity index (χ4n) is 1.28. The molecule has 0 saturated heterocycles. The lowest BCUT2D eigenvalue weighted by Gasteiger charge is -2.08. The molecule has 3 nitrogen and oxygen atoms in total.